The molecule has 2 rings (SSSR count). The van der Waals surface area contributed by atoms with E-state index in [4.69, 9.17) is 5.73 Å². The molecular weight excluding hydrogens is 196 g/mol. The van der Waals surface area contributed by atoms with E-state index in [2.05, 4.69) is 15.0 Å². The third-order valence-electron chi connectivity index (χ3n) is 1.84. The lowest BCUT2D eigenvalue weighted by atomic mass is 10.2. The Balaban J connectivity index is 2.25. The topological polar surface area (TPSA) is 64.7 Å². The molecule has 72 valence electrons. The summed E-state index contributed by atoms with van der Waals surface area (Å²) >= 11 is 1.61. The molecule has 0 saturated heterocycles. The van der Waals surface area contributed by atoms with Crippen LogP contribution in [0.2, 0.25) is 0 Å². The highest BCUT2D eigenvalue weighted by atomic mass is 32.1. The Morgan fingerprint density at radius 3 is 2.93 bits per heavy atom. The van der Waals surface area contributed by atoms with Crippen molar-refractivity contribution in [3.8, 4) is 0 Å². The summed E-state index contributed by atoms with van der Waals surface area (Å²) in [6, 6.07) is 0. The Hall–Kier alpha value is -1.49. The molecule has 14 heavy (non-hydrogen) atoms. The van der Waals surface area contributed by atoms with Crippen molar-refractivity contribution in [3.05, 3.63) is 34.2 Å². The van der Waals surface area contributed by atoms with Gasteiger partial charge < -0.3 is 5.73 Å². The number of thiazole rings is 1. The first-order valence-electron chi connectivity index (χ1n) is 4.22. The van der Waals surface area contributed by atoms with Crippen LogP contribution in [-0.4, -0.2) is 15.0 Å². The highest BCUT2D eigenvalue weighted by Gasteiger charge is 2.04. The number of rotatable bonds is 2. The zero-order chi connectivity index (χ0) is 9.97. The van der Waals surface area contributed by atoms with Gasteiger partial charge in [0.2, 0.25) is 0 Å². The second kappa shape index (κ2) is 3.71. The number of hydrogen-bond acceptors (Lipinski definition) is 5. The number of hydrogen-bond donors (Lipinski definition) is 1. The van der Waals surface area contributed by atoms with Gasteiger partial charge >= 0.3 is 0 Å². The van der Waals surface area contributed by atoms with E-state index in [0.717, 1.165) is 10.6 Å². The summed E-state index contributed by atoms with van der Waals surface area (Å²) in [7, 11) is 0. The first kappa shape index (κ1) is 9.08. The van der Waals surface area contributed by atoms with Crippen molar-refractivity contribution in [1.29, 1.82) is 0 Å². The van der Waals surface area contributed by atoms with Gasteiger partial charge in [0.15, 0.2) is 0 Å². The normalized spacial score (nSPS) is 10.4. The van der Waals surface area contributed by atoms with E-state index in [1.807, 2.05) is 12.3 Å². The van der Waals surface area contributed by atoms with Crippen LogP contribution < -0.4 is 5.73 Å². The van der Waals surface area contributed by atoms with Crippen molar-refractivity contribution < 1.29 is 0 Å². The van der Waals surface area contributed by atoms with Crippen molar-refractivity contribution in [3.63, 3.8) is 0 Å². The van der Waals surface area contributed by atoms with Crippen molar-refractivity contribution >= 4 is 17.2 Å². The smallest absolute Gasteiger partial charge is 0.130 e. The van der Waals surface area contributed by atoms with Gasteiger partial charge in [-0.25, -0.2) is 15.0 Å². The lowest BCUT2D eigenvalue weighted by Gasteiger charge is -2.02. The van der Waals surface area contributed by atoms with Crippen molar-refractivity contribution in [2.45, 2.75) is 13.3 Å². The summed E-state index contributed by atoms with van der Waals surface area (Å²) < 4.78 is 0. The van der Waals surface area contributed by atoms with Crippen LogP contribution >= 0.6 is 11.3 Å². The zero-order valence-corrected chi connectivity index (χ0v) is 8.58. The van der Waals surface area contributed by atoms with Gasteiger partial charge in [0.25, 0.3) is 0 Å². The molecule has 0 atom stereocenters. The van der Waals surface area contributed by atoms with Crippen LogP contribution in [0.4, 0.5) is 5.82 Å². The van der Waals surface area contributed by atoms with Crippen molar-refractivity contribution in [1.82, 2.24) is 15.0 Å². The maximum atomic E-state index is 5.76. The van der Waals surface area contributed by atoms with E-state index in [1.54, 1.807) is 23.7 Å². The number of nitrogen functional groups attached to an aromatic ring is 1. The Kier molecular flexibility index (Phi) is 2.41. The lowest BCUT2D eigenvalue weighted by molar-refractivity contribution is 1.01. The average molecular weight is 206 g/mol. The minimum Gasteiger partial charge on any atom is -0.383 e. The summed E-state index contributed by atoms with van der Waals surface area (Å²) in [5, 5.41) is 2.98. The molecule has 0 aliphatic heterocycles. The molecule has 0 amide bonds. The van der Waals surface area contributed by atoms with E-state index < -0.39 is 0 Å². The predicted molar refractivity (Wildman–Crippen MR) is 56.1 cm³/mol. The van der Waals surface area contributed by atoms with Crippen molar-refractivity contribution in [2.24, 2.45) is 0 Å². The van der Waals surface area contributed by atoms with E-state index in [9.17, 15) is 0 Å². The summed E-state index contributed by atoms with van der Waals surface area (Å²) in [5.41, 5.74) is 6.70. The molecule has 0 saturated carbocycles. The van der Waals surface area contributed by atoms with Crippen LogP contribution in [0.5, 0.6) is 0 Å². The molecule has 0 aromatic carbocycles. The number of aryl methyl sites for hydroxylation is 1. The number of aromatic nitrogens is 3. The Bertz CT molecular complexity index is 424. The Labute approximate surface area is 85.9 Å². The molecule has 0 aliphatic carbocycles. The highest BCUT2D eigenvalue weighted by molar-refractivity contribution is 7.09. The quantitative estimate of drug-likeness (QED) is 0.807. The van der Waals surface area contributed by atoms with Crippen LogP contribution in [-0.2, 0) is 6.42 Å². The Morgan fingerprint density at radius 1 is 1.43 bits per heavy atom. The largest absolute Gasteiger partial charge is 0.383 e. The molecule has 0 bridgehead atoms. The standard InChI is InChI=1S/C9H10N4S/c1-6-12-5-7(9(10)13-6)4-8-11-2-3-14-8/h2-3,5H,4H2,1H3,(H2,10,12,13). The molecule has 2 aromatic rings. The molecule has 0 fully saturated rings. The van der Waals surface area contributed by atoms with E-state index >= 15 is 0 Å². The SMILES string of the molecule is Cc1ncc(Cc2nccs2)c(N)n1. The van der Waals surface area contributed by atoms with Crippen LogP contribution in [0.15, 0.2) is 17.8 Å². The lowest BCUT2D eigenvalue weighted by Crippen LogP contribution is -2.01. The van der Waals surface area contributed by atoms with Crippen LogP contribution in [0, 0.1) is 6.92 Å². The first-order valence-corrected chi connectivity index (χ1v) is 5.10. The van der Waals surface area contributed by atoms with Gasteiger partial charge in [0.1, 0.15) is 11.6 Å². The molecule has 2 heterocycles. The third-order valence-corrected chi connectivity index (χ3v) is 2.62. The molecule has 0 aliphatic rings. The molecule has 0 radical (unpaired) electrons. The predicted octanol–water partition coefficient (Wildman–Crippen LogP) is 1.41. The van der Waals surface area contributed by atoms with Crippen LogP contribution in [0.1, 0.15) is 16.4 Å². The summed E-state index contributed by atoms with van der Waals surface area (Å²) in [6.07, 6.45) is 4.26. The van der Waals surface area contributed by atoms with Crippen LogP contribution in [0.25, 0.3) is 0 Å². The van der Waals surface area contributed by atoms with E-state index in [0.29, 0.717) is 18.1 Å². The summed E-state index contributed by atoms with van der Waals surface area (Å²) in [5.74, 6) is 1.25. The molecular formula is C9H10N4S. The fourth-order valence-corrected chi connectivity index (χ4v) is 1.79. The minimum absolute atomic E-state index is 0.549. The maximum Gasteiger partial charge on any atom is 0.130 e. The monoisotopic (exact) mass is 206 g/mol. The number of anilines is 1. The molecule has 2 N–H and O–H groups in total. The fourth-order valence-electron chi connectivity index (χ4n) is 1.15. The van der Waals surface area contributed by atoms with Gasteiger partial charge in [0.05, 0.1) is 5.01 Å². The zero-order valence-electron chi connectivity index (χ0n) is 7.77. The third kappa shape index (κ3) is 1.88. The first-order chi connectivity index (χ1) is 6.75. The maximum absolute atomic E-state index is 5.76. The van der Waals surface area contributed by atoms with E-state index in [1.165, 1.54) is 0 Å². The second-order valence-electron chi connectivity index (χ2n) is 2.93. The molecule has 0 spiro atoms. The van der Waals surface area contributed by atoms with Gasteiger partial charge in [-0.3, -0.25) is 0 Å². The molecule has 2 aromatic heterocycles. The number of nitrogens with two attached hydrogens (primary N) is 1. The van der Waals surface area contributed by atoms with Gasteiger partial charge in [-0.05, 0) is 6.92 Å². The van der Waals surface area contributed by atoms with Gasteiger partial charge in [-0.2, -0.15) is 0 Å². The Morgan fingerprint density at radius 2 is 2.29 bits per heavy atom. The second-order valence-corrected chi connectivity index (χ2v) is 3.91. The average Bonchev–Trinajstić information content (AvgIpc) is 2.62. The van der Waals surface area contributed by atoms with E-state index in [-0.39, 0.29) is 0 Å². The van der Waals surface area contributed by atoms with Gasteiger partial charge in [-0.1, -0.05) is 0 Å². The highest BCUT2D eigenvalue weighted by Crippen LogP contribution is 2.15. The molecule has 5 heteroatoms. The minimum atomic E-state index is 0.549. The number of nitrogens with zero attached hydrogens (tertiary/aromatic N) is 3. The van der Waals surface area contributed by atoms with Crippen LogP contribution in [0.3, 0.4) is 0 Å². The fraction of sp³-hybridized carbons (Fsp3) is 0.222. The molecule has 4 nitrogen and oxygen atoms in total. The van der Waals surface area contributed by atoms with Gasteiger partial charge in [-0.15, -0.1) is 11.3 Å². The summed E-state index contributed by atoms with van der Waals surface area (Å²) in [6.45, 7) is 1.82. The van der Waals surface area contributed by atoms with Crippen molar-refractivity contribution in [2.75, 3.05) is 5.73 Å². The molecule has 0 unspecified atom stereocenters. The summed E-state index contributed by atoms with van der Waals surface area (Å²) in [4.78, 5) is 12.4. The van der Waals surface area contributed by atoms with Gasteiger partial charge in [0, 0.05) is 29.8 Å².